The standard InChI is InChI=1S/C16H16BrN3O/c1-11-6-7-15(14(18)10-11)20-16(21)19-9-8-12-4-2-3-5-13(12)17/h2-10H,18H2,1H3,(H2,19,20,21)/b9-8+. The number of rotatable bonds is 3. The summed E-state index contributed by atoms with van der Waals surface area (Å²) in [7, 11) is 0. The van der Waals surface area contributed by atoms with Gasteiger partial charge in [-0.3, -0.25) is 0 Å². The third-order valence-electron chi connectivity index (χ3n) is 2.84. The van der Waals surface area contributed by atoms with Crippen molar-refractivity contribution in [3.63, 3.8) is 0 Å². The van der Waals surface area contributed by atoms with Gasteiger partial charge in [0.15, 0.2) is 0 Å². The number of carbonyl (C=O) groups excluding carboxylic acids is 1. The normalized spacial score (nSPS) is 10.6. The Balaban J connectivity index is 1.95. The Hall–Kier alpha value is -2.27. The summed E-state index contributed by atoms with van der Waals surface area (Å²) < 4.78 is 0.964. The summed E-state index contributed by atoms with van der Waals surface area (Å²) in [5, 5.41) is 5.34. The molecule has 2 aromatic carbocycles. The molecule has 0 aliphatic carbocycles. The van der Waals surface area contributed by atoms with Crippen LogP contribution in [0.4, 0.5) is 16.2 Å². The van der Waals surface area contributed by atoms with E-state index < -0.39 is 0 Å². The molecule has 0 saturated heterocycles. The number of nitrogens with one attached hydrogen (secondary N) is 2. The molecule has 108 valence electrons. The van der Waals surface area contributed by atoms with Gasteiger partial charge in [0.1, 0.15) is 0 Å². The highest BCUT2D eigenvalue weighted by Gasteiger charge is 2.03. The Morgan fingerprint density at radius 3 is 2.71 bits per heavy atom. The number of nitrogens with two attached hydrogens (primary N) is 1. The van der Waals surface area contributed by atoms with Gasteiger partial charge in [-0.25, -0.2) is 4.79 Å². The first-order chi connectivity index (χ1) is 10.1. The minimum atomic E-state index is -0.339. The van der Waals surface area contributed by atoms with E-state index in [-0.39, 0.29) is 6.03 Å². The van der Waals surface area contributed by atoms with Crippen LogP contribution in [0.1, 0.15) is 11.1 Å². The molecule has 4 nitrogen and oxygen atoms in total. The largest absolute Gasteiger partial charge is 0.397 e. The number of nitrogen functional groups attached to an aromatic ring is 1. The van der Waals surface area contributed by atoms with Crippen LogP contribution < -0.4 is 16.4 Å². The summed E-state index contributed by atoms with van der Waals surface area (Å²) in [5.74, 6) is 0. The van der Waals surface area contributed by atoms with Gasteiger partial charge in [-0.2, -0.15) is 0 Å². The first-order valence-electron chi connectivity index (χ1n) is 6.41. The topological polar surface area (TPSA) is 67.2 Å². The molecule has 0 radical (unpaired) electrons. The van der Waals surface area contributed by atoms with Gasteiger partial charge in [-0.15, -0.1) is 0 Å². The Labute approximate surface area is 132 Å². The van der Waals surface area contributed by atoms with Gasteiger partial charge in [0.05, 0.1) is 11.4 Å². The van der Waals surface area contributed by atoms with Crippen LogP contribution in [-0.4, -0.2) is 6.03 Å². The summed E-state index contributed by atoms with van der Waals surface area (Å²) >= 11 is 3.44. The molecule has 0 unspecified atom stereocenters. The number of hydrogen-bond donors (Lipinski definition) is 3. The molecular formula is C16H16BrN3O. The molecule has 0 aliphatic heterocycles. The van der Waals surface area contributed by atoms with Crippen molar-refractivity contribution >= 4 is 39.4 Å². The number of hydrogen-bond acceptors (Lipinski definition) is 2. The number of benzene rings is 2. The summed E-state index contributed by atoms with van der Waals surface area (Å²) in [6, 6.07) is 12.9. The van der Waals surface area contributed by atoms with Gasteiger partial charge in [-0.1, -0.05) is 40.2 Å². The van der Waals surface area contributed by atoms with Crippen LogP contribution in [0.25, 0.3) is 6.08 Å². The van der Waals surface area contributed by atoms with Crippen molar-refractivity contribution < 1.29 is 4.79 Å². The van der Waals surface area contributed by atoms with E-state index in [0.717, 1.165) is 15.6 Å². The van der Waals surface area contributed by atoms with E-state index in [1.54, 1.807) is 12.3 Å². The van der Waals surface area contributed by atoms with Gasteiger partial charge >= 0.3 is 6.03 Å². The van der Waals surface area contributed by atoms with E-state index >= 15 is 0 Å². The monoisotopic (exact) mass is 345 g/mol. The van der Waals surface area contributed by atoms with Crippen molar-refractivity contribution in [1.82, 2.24) is 5.32 Å². The second-order valence-electron chi connectivity index (χ2n) is 4.54. The van der Waals surface area contributed by atoms with Crippen LogP contribution >= 0.6 is 15.9 Å². The highest BCUT2D eigenvalue weighted by Crippen LogP contribution is 2.19. The van der Waals surface area contributed by atoms with Crippen LogP contribution in [0.5, 0.6) is 0 Å². The fourth-order valence-electron chi connectivity index (χ4n) is 1.77. The molecule has 5 heteroatoms. The Bertz CT molecular complexity index is 683. The molecular weight excluding hydrogens is 330 g/mol. The smallest absolute Gasteiger partial charge is 0.323 e. The molecule has 0 aliphatic rings. The number of amides is 2. The van der Waals surface area contributed by atoms with E-state index in [1.165, 1.54) is 0 Å². The second-order valence-corrected chi connectivity index (χ2v) is 5.40. The van der Waals surface area contributed by atoms with Crippen LogP contribution in [0.3, 0.4) is 0 Å². The van der Waals surface area contributed by atoms with Gasteiger partial charge < -0.3 is 16.4 Å². The lowest BCUT2D eigenvalue weighted by Gasteiger charge is -2.08. The predicted octanol–water partition coefficient (Wildman–Crippen LogP) is 4.13. The van der Waals surface area contributed by atoms with Crippen molar-refractivity contribution in [2.75, 3.05) is 11.1 Å². The molecule has 2 aromatic rings. The SMILES string of the molecule is Cc1ccc(NC(=O)N/C=C/c2ccccc2Br)c(N)c1. The lowest BCUT2D eigenvalue weighted by atomic mass is 10.2. The molecule has 0 atom stereocenters. The second kappa shape index (κ2) is 6.95. The number of carbonyl (C=O) groups is 1. The van der Waals surface area contributed by atoms with E-state index in [1.807, 2.05) is 49.4 Å². The van der Waals surface area contributed by atoms with Crippen molar-refractivity contribution in [2.24, 2.45) is 0 Å². The fourth-order valence-corrected chi connectivity index (χ4v) is 2.19. The molecule has 0 spiro atoms. The minimum Gasteiger partial charge on any atom is -0.397 e. The van der Waals surface area contributed by atoms with Crippen molar-refractivity contribution in [3.05, 3.63) is 64.3 Å². The zero-order valence-electron chi connectivity index (χ0n) is 11.6. The van der Waals surface area contributed by atoms with Gasteiger partial charge in [0.25, 0.3) is 0 Å². The zero-order valence-corrected chi connectivity index (χ0v) is 13.1. The maximum Gasteiger partial charge on any atom is 0.323 e. The third kappa shape index (κ3) is 4.36. The number of urea groups is 1. The lowest BCUT2D eigenvalue weighted by Crippen LogP contribution is -2.24. The van der Waals surface area contributed by atoms with Crippen molar-refractivity contribution in [3.8, 4) is 0 Å². The molecule has 4 N–H and O–H groups in total. The quantitative estimate of drug-likeness (QED) is 0.732. The third-order valence-corrected chi connectivity index (χ3v) is 3.56. The summed E-state index contributed by atoms with van der Waals surface area (Å²) in [6.45, 7) is 1.95. The highest BCUT2D eigenvalue weighted by molar-refractivity contribution is 9.10. The molecule has 21 heavy (non-hydrogen) atoms. The predicted molar refractivity (Wildman–Crippen MR) is 90.9 cm³/mol. The molecule has 0 aromatic heterocycles. The van der Waals surface area contributed by atoms with Gasteiger partial charge in [-0.05, 0) is 42.3 Å². The first kappa shape index (κ1) is 15.1. The van der Waals surface area contributed by atoms with Gasteiger partial charge in [0, 0.05) is 10.7 Å². The summed E-state index contributed by atoms with van der Waals surface area (Å²) in [5.41, 5.74) is 9.00. The van der Waals surface area contributed by atoms with Crippen LogP contribution in [0.2, 0.25) is 0 Å². The Morgan fingerprint density at radius 2 is 2.00 bits per heavy atom. The van der Waals surface area contributed by atoms with Crippen molar-refractivity contribution in [1.29, 1.82) is 0 Å². The molecule has 2 rings (SSSR count). The average molecular weight is 346 g/mol. The molecule has 0 saturated carbocycles. The molecule has 0 heterocycles. The number of halogens is 1. The molecule has 0 fully saturated rings. The van der Waals surface area contributed by atoms with E-state index in [0.29, 0.717) is 11.4 Å². The van der Waals surface area contributed by atoms with E-state index in [4.69, 9.17) is 5.73 Å². The van der Waals surface area contributed by atoms with Crippen LogP contribution in [0.15, 0.2) is 53.1 Å². The van der Waals surface area contributed by atoms with Crippen LogP contribution in [0, 0.1) is 6.92 Å². The minimum absolute atomic E-state index is 0.339. The Morgan fingerprint density at radius 1 is 1.24 bits per heavy atom. The summed E-state index contributed by atoms with van der Waals surface area (Å²) in [6.07, 6.45) is 3.39. The maximum atomic E-state index is 11.8. The molecule has 2 amide bonds. The summed E-state index contributed by atoms with van der Waals surface area (Å²) in [4.78, 5) is 11.8. The van der Waals surface area contributed by atoms with Crippen LogP contribution in [-0.2, 0) is 0 Å². The first-order valence-corrected chi connectivity index (χ1v) is 7.20. The Kier molecular flexibility index (Phi) is 5.00. The van der Waals surface area contributed by atoms with E-state index in [9.17, 15) is 4.79 Å². The number of anilines is 2. The lowest BCUT2D eigenvalue weighted by molar-refractivity contribution is 0.255. The highest BCUT2D eigenvalue weighted by atomic mass is 79.9. The maximum absolute atomic E-state index is 11.8. The van der Waals surface area contributed by atoms with Crippen molar-refractivity contribution in [2.45, 2.75) is 6.92 Å². The van der Waals surface area contributed by atoms with E-state index in [2.05, 4.69) is 26.6 Å². The fraction of sp³-hybridized carbons (Fsp3) is 0.0625. The zero-order chi connectivity index (χ0) is 15.2. The average Bonchev–Trinajstić information content (AvgIpc) is 2.44. The van der Waals surface area contributed by atoms with Gasteiger partial charge in [0.2, 0.25) is 0 Å². The molecule has 0 bridgehead atoms. The number of aryl methyl sites for hydroxylation is 1.